The van der Waals surface area contributed by atoms with Gasteiger partial charge in [-0.05, 0) is 58.8 Å². The summed E-state index contributed by atoms with van der Waals surface area (Å²) in [4.78, 5) is 0. The van der Waals surface area contributed by atoms with Crippen LogP contribution < -0.4 is 0 Å². The van der Waals surface area contributed by atoms with E-state index in [9.17, 15) is 5.11 Å². The van der Waals surface area contributed by atoms with Crippen LogP contribution in [-0.4, -0.2) is 25.3 Å². The Bertz CT molecular complexity index is 774. The maximum Gasteiger partial charge on any atom is 0.214 e. The van der Waals surface area contributed by atoms with Gasteiger partial charge in [0.1, 0.15) is 5.75 Å². The highest BCUT2D eigenvalue weighted by Crippen LogP contribution is 2.37. The summed E-state index contributed by atoms with van der Waals surface area (Å²) in [5, 5.41) is 23.0. The van der Waals surface area contributed by atoms with Gasteiger partial charge in [0, 0.05) is 10.3 Å². The van der Waals surface area contributed by atoms with E-state index >= 15 is 0 Å². The van der Waals surface area contributed by atoms with Gasteiger partial charge < -0.3 is 5.11 Å². The normalized spacial score (nSPS) is 12.3. The lowest BCUT2D eigenvalue weighted by atomic mass is 10.1. The first kappa shape index (κ1) is 15.8. The number of aromatic hydroxyl groups is 1. The first-order valence-corrected chi connectivity index (χ1v) is 8.43. The van der Waals surface area contributed by atoms with Crippen molar-refractivity contribution in [3.63, 3.8) is 0 Å². The number of tetrazole rings is 1. The quantitative estimate of drug-likeness (QED) is 0.699. The second-order valence-corrected chi connectivity index (χ2v) is 6.56. The predicted molar refractivity (Wildman–Crippen MR) is 91.2 cm³/mol. The molecule has 1 atom stereocenters. The molecule has 3 rings (SSSR count). The van der Waals surface area contributed by atoms with Gasteiger partial charge in [0.25, 0.3) is 0 Å². The Balaban J connectivity index is 1.86. The average Bonchev–Trinajstić information content (AvgIpc) is 3.02. The maximum atomic E-state index is 9.40. The number of hydrogen-bond donors (Lipinski definition) is 1. The summed E-state index contributed by atoms with van der Waals surface area (Å²) in [6, 6.07) is 14.6. The Labute approximate surface area is 143 Å². The number of aromatic nitrogens is 4. The number of benzene rings is 2. The molecule has 3 aromatic rings. The van der Waals surface area contributed by atoms with E-state index in [4.69, 9.17) is 11.6 Å². The third-order valence-corrected chi connectivity index (χ3v) is 5.00. The summed E-state index contributed by atoms with van der Waals surface area (Å²) < 4.78 is 1.67. The second kappa shape index (κ2) is 7.02. The molecule has 0 saturated heterocycles. The number of phenolic OH excluding ortho intramolecular Hbond substituents is 1. The van der Waals surface area contributed by atoms with Crippen molar-refractivity contribution in [2.24, 2.45) is 0 Å². The van der Waals surface area contributed by atoms with Crippen molar-refractivity contribution >= 4 is 23.4 Å². The molecular weight excluding hydrogens is 332 g/mol. The highest BCUT2D eigenvalue weighted by Gasteiger charge is 2.17. The number of phenols is 1. The first-order valence-electron chi connectivity index (χ1n) is 7.17. The summed E-state index contributed by atoms with van der Waals surface area (Å²) in [6.07, 6.45) is 0.939. The Morgan fingerprint density at radius 3 is 2.48 bits per heavy atom. The summed E-state index contributed by atoms with van der Waals surface area (Å²) >= 11 is 7.56. The van der Waals surface area contributed by atoms with Gasteiger partial charge in [-0.2, -0.15) is 4.68 Å². The van der Waals surface area contributed by atoms with Crippen molar-refractivity contribution in [1.82, 2.24) is 20.2 Å². The number of hydrogen-bond acceptors (Lipinski definition) is 5. The molecule has 0 saturated carbocycles. The van der Waals surface area contributed by atoms with Crippen molar-refractivity contribution in [1.29, 1.82) is 0 Å². The van der Waals surface area contributed by atoms with Crippen LogP contribution in [0.15, 0.2) is 53.7 Å². The molecular formula is C16H15ClN4OS. The van der Waals surface area contributed by atoms with Crippen LogP contribution >= 0.6 is 23.4 Å². The van der Waals surface area contributed by atoms with E-state index in [2.05, 4.69) is 22.4 Å². The third-order valence-electron chi connectivity index (χ3n) is 3.40. The van der Waals surface area contributed by atoms with E-state index in [0.717, 1.165) is 17.1 Å². The zero-order valence-electron chi connectivity index (χ0n) is 12.4. The van der Waals surface area contributed by atoms with Crippen LogP contribution in [0.3, 0.4) is 0 Å². The average molecular weight is 347 g/mol. The van der Waals surface area contributed by atoms with E-state index in [1.165, 1.54) is 5.56 Å². The SMILES string of the molecule is CCC(Sc1nnnn1-c1ccc(O)cc1)c1ccc(Cl)cc1. The molecule has 1 N–H and O–H groups in total. The molecule has 1 heterocycles. The Morgan fingerprint density at radius 1 is 1.13 bits per heavy atom. The molecule has 0 amide bonds. The van der Waals surface area contributed by atoms with Crippen LogP contribution in [0.2, 0.25) is 5.02 Å². The van der Waals surface area contributed by atoms with E-state index in [0.29, 0.717) is 5.16 Å². The highest BCUT2D eigenvalue weighted by atomic mass is 35.5. The van der Waals surface area contributed by atoms with Gasteiger partial charge >= 0.3 is 0 Å². The Hall–Kier alpha value is -2.05. The van der Waals surface area contributed by atoms with E-state index in [1.807, 2.05) is 24.3 Å². The van der Waals surface area contributed by atoms with Crippen molar-refractivity contribution < 1.29 is 5.11 Å². The predicted octanol–water partition coefficient (Wildman–Crippen LogP) is 4.26. The first-order chi connectivity index (χ1) is 11.2. The van der Waals surface area contributed by atoms with Crippen LogP contribution in [0.1, 0.15) is 24.2 Å². The van der Waals surface area contributed by atoms with Crippen LogP contribution in [0, 0.1) is 0 Å². The summed E-state index contributed by atoms with van der Waals surface area (Å²) in [7, 11) is 0. The number of thioether (sulfide) groups is 1. The van der Waals surface area contributed by atoms with Gasteiger partial charge in [0.15, 0.2) is 0 Å². The molecule has 23 heavy (non-hydrogen) atoms. The topological polar surface area (TPSA) is 63.8 Å². The molecule has 118 valence electrons. The molecule has 0 aliphatic heterocycles. The van der Waals surface area contributed by atoms with Crippen molar-refractivity contribution in [2.75, 3.05) is 0 Å². The van der Waals surface area contributed by atoms with Gasteiger partial charge in [0.2, 0.25) is 5.16 Å². The molecule has 1 aromatic heterocycles. The van der Waals surface area contributed by atoms with Crippen molar-refractivity contribution in [3.8, 4) is 11.4 Å². The van der Waals surface area contributed by atoms with Gasteiger partial charge in [0.05, 0.1) is 5.69 Å². The standard InChI is InChI=1S/C16H15ClN4OS/c1-2-15(11-3-5-12(17)6-4-11)23-16-18-19-20-21(16)13-7-9-14(22)10-8-13/h3-10,15,22H,2H2,1H3. The molecule has 1 unspecified atom stereocenters. The summed E-state index contributed by atoms with van der Waals surface area (Å²) in [5.74, 6) is 0.212. The monoisotopic (exact) mass is 346 g/mol. The van der Waals surface area contributed by atoms with E-state index in [1.54, 1.807) is 40.7 Å². The lowest BCUT2D eigenvalue weighted by molar-refractivity contribution is 0.475. The lowest BCUT2D eigenvalue weighted by Crippen LogP contribution is -2.01. The summed E-state index contributed by atoms with van der Waals surface area (Å²) in [6.45, 7) is 2.13. The minimum Gasteiger partial charge on any atom is -0.508 e. The van der Waals surface area contributed by atoms with Crippen LogP contribution in [-0.2, 0) is 0 Å². The summed E-state index contributed by atoms with van der Waals surface area (Å²) in [5.41, 5.74) is 1.99. The number of rotatable bonds is 5. The number of nitrogens with zero attached hydrogens (tertiary/aromatic N) is 4. The largest absolute Gasteiger partial charge is 0.508 e. The molecule has 0 aliphatic carbocycles. The van der Waals surface area contributed by atoms with E-state index < -0.39 is 0 Å². The third kappa shape index (κ3) is 3.65. The zero-order chi connectivity index (χ0) is 16.2. The molecule has 0 aliphatic rings. The van der Waals surface area contributed by atoms with Crippen molar-refractivity contribution in [3.05, 3.63) is 59.1 Å². The van der Waals surface area contributed by atoms with Gasteiger partial charge in [-0.25, -0.2) is 0 Å². The lowest BCUT2D eigenvalue weighted by Gasteiger charge is -2.14. The van der Waals surface area contributed by atoms with Gasteiger partial charge in [-0.1, -0.05) is 42.4 Å². The maximum absolute atomic E-state index is 9.40. The minimum absolute atomic E-state index is 0.212. The van der Waals surface area contributed by atoms with Crippen LogP contribution in [0.4, 0.5) is 0 Å². The molecule has 0 spiro atoms. The van der Waals surface area contributed by atoms with Crippen LogP contribution in [0.5, 0.6) is 5.75 Å². The second-order valence-electron chi connectivity index (χ2n) is 4.96. The fourth-order valence-electron chi connectivity index (χ4n) is 2.20. The van der Waals surface area contributed by atoms with Gasteiger partial charge in [-0.3, -0.25) is 0 Å². The molecule has 7 heteroatoms. The Kier molecular flexibility index (Phi) is 4.83. The minimum atomic E-state index is 0.212. The molecule has 0 radical (unpaired) electrons. The number of halogens is 1. The molecule has 5 nitrogen and oxygen atoms in total. The van der Waals surface area contributed by atoms with Crippen molar-refractivity contribution in [2.45, 2.75) is 23.8 Å². The van der Waals surface area contributed by atoms with Crippen LogP contribution in [0.25, 0.3) is 5.69 Å². The molecule has 2 aromatic carbocycles. The highest BCUT2D eigenvalue weighted by molar-refractivity contribution is 7.99. The van der Waals surface area contributed by atoms with Gasteiger partial charge in [-0.15, -0.1) is 5.10 Å². The Morgan fingerprint density at radius 2 is 1.83 bits per heavy atom. The van der Waals surface area contributed by atoms with E-state index in [-0.39, 0.29) is 11.0 Å². The molecule has 0 fully saturated rings. The molecule has 0 bridgehead atoms. The fourth-order valence-corrected chi connectivity index (χ4v) is 3.37. The smallest absolute Gasteiger partial charge is 0.214 e. The fraction of sp³-hybridized carbons (Fsp3) is 0.188. The zero-order valence-corrected chi connectivity index (χ0v) is 14.0.